The maximum atomic E-state index is 11.4. The summed E-state index contributed by atoms with van der Waals surface area (Å²) in [6.07, 6.45) is 1.26. The SMILES string of the molecule is Cc1cc(C)cc(CC(C)NC(=O)CCN)c1.Cl. The summed E-state index contributed by atoms with van der Waals surface area (Å²) in [5.41, 5.74) is 9.13. The third kappa shape index (κ3) is 6.03. The summed E-state index contributed by atoms with van der Waals surface area (Å²) in [7, 11) is 0. The third-order valence-corrected chi connectivity index (χ3v) is 2.60. The predicted molar refractivity (Wildman–Crippen MR) is 78.1 cm³/mol. The first-order valence-electron chi connectivity index (χ1n) is 6.08. The van der Waals surface area contributed by atoms with E-state index in [2.05, 4.69) is 37.4 Å². The Balaban J connectivity index is 0.00000289. The second kappa shape index (κ2) is 8.11. The monoisotopic (exact) mass is 270 g/mol. The molecule has 0 aromatic heterocycles. The molecule has 0 aliphatic carbocycles. The van der Waals surface area contributed by atoms with Crippen molar-refractivity contribution in [3.05, 3.63) is 34.9 Å². The molecule has 1 atom stereocenters. The first-order valence-corrected chi connectivity index (χ1v) is 6.08. The Morgan fingerprint density at radius 1 is 1.28 bits per heavy atom. The van der Waals surface area contributed by atoms with Crippen molar-refractivity contribution in [2.24, 2.45) is 5.73 Å². The highest BCUT2D eigenvalue weighted by Gasteiger charge is 2.07. The molecule has 0 fully saturated rings. The average molecular weight is 271 g/mol. The summed E-state index contributed by atoms with van der Waals surface area (Å²) in [6, 6.07) is 6.63. The van der Waals surface area contributed by atoms with Gasteiger partial charge < -0.3 is 11.1 Å². The number of nitrogens with one attached hydrogen (secondary N) is 1. The first-order chi connectivity index (χ1) is 8.01. The lowest BCUT2D eigenvalue weighted by Gasteiger charge is -2.14. The van der Waals surface area contributed by atoms with Crippen LogP contribution in [0.15, 0.2) is 18.2 Å². The molecule has 102 valence electrons. The van der Waals surface area contributed by atoms with E-state index in [0.717, 1.165) is 6.42 Å². The predicted octanol–water partition coefficient (Wildman–Crippen LogP) is 2.12. The molecule has 3 nitrogen and oxygen atoms in total. The number of nitrogens with two attached hydrogens (primary N) is 1. The molecule has 1 rings (SSSR count). The number of benzene rings is 1. The maximum absolute atomic E-state index is 11.4. The molecule has 0 saturated heterocycles. The number of hydrogen-bond acceptors (Lipinski definition) is 2. The lowest BCUT2D eigenvalue weighted by Crippen LogP contribution is -2.35. The zero-order chi connectivity index (χ0) is 12.8. The molecule has 3 N–H and O–H groups in total. The van der Waals surface area contributed by atoms with Crippen molar-refractivity contribution in [2.75, 3.05) is 6.54 Å². The van der Waals surface area contributed by atoms with Crippen LogP contribution in [0.25, 0.3) is 0 Å². The van der Waals surface area contributed by atoms with Crippen LogP contribution in [0.4, 0.5) is 0 Å². The van der Waals surface area contributed by atoms with Gasteiger partial charge in [-0.1, -0.05) is 29.3 Å². The molecule has 4 heteroatoms. The van der Waals surface area contributed by atoms with Gasteiger partial charge in [-0.15, -0.1) is 12.4 Å². The third-order valence-electron chi connectivity index (χ3n) is 2.60. The van der Waals surface area contributed by atoms with E-state index in [4.69, 9.17) is 5.73 Å². The van der Waals surface area contributed by atoms with Gasteiger partial charge >= 0.3 is 0 Å². The lowest BCUT2D eigenvalue weighted by atomic mass is 10.0. The molecule has 1 amide bonds. The van der Waals surface area contributed by atoms with Crippen LogP contribution in [0.2, 0.25) is 0 Å². The summed E-state index contributed by atoms with van der Waals surface area (Å²) in [5.74, 6) is 0.0318. The summed E-state index contributed by atoms with van der Waals surface area (Å²) in [5, 5.41) is 2.95. The van der Waals surface area contributed by atoms with Crippen molar-refractivity contribution in [1.82, 2.24) is 5.32 Å². The molecule has 1 unspecified atom stereocenters. The molecule has 1 aromatic carbocycles. The molecular weight excluding hydrogens is 248 g/mol. The fourth-order valence-electron chi connectivity index (χ4n) is 2.07. The summed E-state index contributed by atoms with van der Waals surface area (Å²) >= 11 is 0. The Morgan fingerprint density at radius 2 is 1.83 bits per heavy atom. The average Bonchev–Trinajstić information content (AvgIpc) is 2.14. The van der Waals surface area contributed by atoms with Gasteiger partial charge in [0, 0.05) is 19.0 Å². The van der Waals surface area contributed by atoms with Gasteiger partial charge in [0.1, 0.15) is 0 Å². The van der Waals surface area contributed by atoms with Crippen molar-refractivity contribution in [3.8, 4) is 0 Å². The van der Waals surface area contributed by atoms with E-state index in [1.807, 2.05) is 6.92 Å². The molecule has 0 aliphatic heterocycles. The topological polar surface area (TPSA) is 55.1 Å². The number of rotatable bonds is 5. The van der Waals surface area contributed by atoms with E-state index in [-0.39, 0.29) is 24.4 Å². The van der Waals surface area contributed by atoms with E-state index in [0.29, 0.717) is 13.0 Å². The highest BCUT2D eigenvalue weighted by Crippen LogP contribution is 2.10. The van der Waals surface area contributed by atoms with Crippen LogP contribution in [-0.2, 0) is 11.2 Å². The van der Waals surface area contributed by atoms with Crippen LogP contribution in [0.3, 0.4) is 0 Å². The van der Waals surface area contributed by atoms with Crippen LogP contribution in [0.5, 0.6) is 0 Å². The van der Waals surface area contributed by atoms with Gasteiger partial charge in [0.05, 0.1) is 0 Å². The Kier molecular flexibility index (Phi) is 7.64. The number of hydrogen-bond donors (Lipinski definition) is 2. The van der Waals surface area contributed by atoms with E-state index in [1.54, 1.807) is 0 Å². The van der Waals surface area contributed by atoms with Crippen molar-refractivity contribution in [2.45, 2.75) is 39.7 Å². The summed E-state index contributed by atoms with van der Waals surface area (Å²) < 4.78 is 0. The minimum Gasteiger partial charge on any atom is -0.353 e. The molecule has 0 saturated carbocycles. The summed E-state index contributed by atoms with van der Waals surface area (Å²) in [4.78, 5) is 11.4. The fraction of sp³-hybridized carbons (Fsp3) is 0.500. The molecule has 18 heavy (non-hydrogen) atoms. The molecule has 0 heterocycles. The van der Waals surface area contributed by atoms with Gasteiger partial charge in [0.15, 0.2) is 0 Å². The Bertz CT molecular complexity index is 373. The smallest absolute Gasteiger partial charge is 0.221 e. The number of amides is 1. The van der Waals surface area contributed by atoms with E-state index in [1.165, 1.54) is 16.7 Å². The quantitative estimate of drug-likeness (QED) is 0.861. The van der Waals surface area contributed by atoms with E-state index < -0.39 is 0 Å². The lowest BCUT2D eigenvalue weighted by molar-refractivity contribution is -0.121. The van der Waals surface area contributed by atoms with E-state index >= 15 is 0 Å². The first kappa shape index (κ1) is 16.9. The highest BCUT2D eigenvalue weighted by molar-refractivity contribution is 5.85. The van der Waals surface area contributed by atoms with Crippen LogP contribution in [0.1, 0.15) is 30.0 Å². The van der Waals surface area contributed by atoms with Crippen LogP contribution >= 0.6 is 12.4 Å². The largest absolute Gasteiger partial charge is 0.353 e. The standard InChI is InChI=1S/C14H22N2O.ClH/c1-10-6-11(2)8-13(7-10)9-12(3)16-14(17)4-5-15;/h6-8,12H,4-5,9,15H2,1-3H3,(H,16,17);1H. The Morgan fingerprint density at radius 3 is 2.33 bits per heavy atom. The van der Waals surface area contributed by atoms with Gasteiger partial charge in [-0.3, -0.25) is 4.79 Å². The minimum absolute atomic E-state index is 0. The normalized spacial score (nSPS) is 11.6. The van der Waals surface area contributed by atoms with Crippen LogP contribution in [0, 0.1) is 13.8 Å². The second-order valence-electron chi connectivity index (χ2n) is 4.71. The van der Waals surface area contributed by atoms with Gasteiger partial charge in [0.25, 0.3) is 0 Å². The molecule has 0 radical (unpaired) electrons. The Labute approximate surface area is 116 Å². The van der Waals surface area contributed by atoms with Crippen LogP contribution in [-0.4, -0.2) is 18.5 Å². The molecule has 0 bridgehead atoms. The van der Waals surface area contributed by atoms with Gasteiger partial charge in [-0.25, -0.2) is 0 Å². The summed E-state index contributed by atoms with van der Waals surface area (Å²) in [6.45, 7) is 6.61. The van der Waals surface area contributed by atoms with Gasteiger partial charge in [-0.2, -0.15) is 0 Å². The van der Waals surface area contributed by atoms with Crippen molar-refractivity contribution in [3.63, 3.8) is 0 Å². The maximum Gasteiger partial charge on any atom is 0.221 e. The fourth-order valence-corrected chi connectivity index (χ4v) is 2.07. The van der Waals surface area contributed by atoms with Crippen LogP contribution < -0.4 is 11.1 Å². The van der Waals surface area contributed by atoms with E-state index in [9.17, 15) is 4.79 Å². The molecule has 1 aromatic rings. The minimum atomic E-state index is 0. The zero-order valence-electron chi connectivity index (χ0n) is 11.3. The van der Waals surface area contributed by atoms with Gasteiger partial charge in [0.2, 0.25) is 5.91 Å². The van der Waals surface area contributed by atoms with Crippen molar-refractivity contribution < 1.29 is 4.79 Å². The molecule has 0 aliphatic rings. The second-order valence-corrected chi connectivity index (χ2v) is 4.71. The number of aryl methyl sites for hydroxylation is 2. The number of halogens is 1. The Hall–Kier alpha value is -1.06. The number of carbonyl (C=O) groups is 1. The van der Waals surface area contributed by atoms with Gasteiger partial charge in [-0.05, 0) is 32.8 Å². The molecule has 0 spiro atoms. The number of carbonyl (C=O) groups excluding carboxylic acids is 1. The van der Waals surface area contributed by atoms with Crippen molar-refractivity contribution in [1.29, 1.82) is 0 Å². The zero-order valence-corrected chi connectivity index (χ0v) is 12.1. The van der Waals surface area contributed by atoms with Crippen molar-refractivity contribution >= 4 is 18.3 Å². The highest BCUT2D eigenvalue weighted by atomic mass is 35.5. The molecular formula is C14H23ClN2O.